The summed E-state index contributed by atoms with van der Waals surface area (Å²) < 4.78 is 18.6. The fourth-order valence-corrected chi connectivity index (χ4v) is 1.85. The maximum absolute atomic E-state index is 13.6. The lowest BCUT2D eigenvalue weighted by atomic mass is 10.2. The van der Waals surface area contributed by atoms with Crippen LogP contribution in [0.5, 0.6) is 5.75 Å². The van der Waals surface area contributed by atoms with E-state index in [0.717, 1.165) is 0 Å². The predicted molar refractivity (Wildman–Crippen MR) is 76.8 cm³/mol. The monoisotopic (exact) mass is 294 g/mol. The van der Waals surface area contributed by atoms with E-state index in [9.17, 15) is 9.18 Å². The van der Waals surface area contributed by atoms with Crippen LogP contribution in [0.3, 0.4) is 0 Å². The Morgan fingerprint density at radius 1 is 1.35 bits per heavy atom. The second kappa shape index (κ2) is 5.79. The summed E-state index contributed by atoms with van der Waals surface area (Å²) in [4.78, 5) is 12.1. The van der Waals surface area contributed by atoms with Gasteiger partial charge in [-0.05, 0) is 24.3 Å². The molecule has 2 aromatic rings. The molecule has 0 aliphatic rings. The molecule has 0 saturated heterocycles. The molecule has 0 aromatic heterocycles. The second-order valence-electron chi connectivity index (χ2n) is 4.01. The molecule has 20 heavy (non-hydrogen) atoms. The van der Waals surface area contributed by atoms with Crippen molar-refractivity contribution in [2.24, 2.45) is 0 Å². The van der Waals surface area contributed by atoms with Gasteiger partial charge in [-0.2, -0.15) is 0 Å². The topological polar surface area (TPSA) is 64.3 Å². The van der Waals surface area contributed by atoms with Gasteiger partial charge < -0.3 is 15.8 Å². The number of carbonyl (C=O) groups excluding carboxylic acids is 1. The minimum atomic E-state index is -0.570. The van der Waals surface area contributed by atoms with Crippen molar-refractivity contribution in [1.29, 1.82) is 0 Å². The largest absolute Gasteiger partial charge is 0.497 e. The number of hydrogen-bond acceptors (Lipinski definition) is 3. The van der Waals surface area contributed by atoms with Crippen molar-refractivity contribution in [3.05, 3.63) is 52.8 Å². The molecular weight excluding hydrogens is 283 g/mol. The van der Waals surface area contributed by atoms with Crippen LogP contribution in [0.4, 0.5) is 15.8 Å². The van der Waals surface area contributed by atoms with Gasteiger partial charge in [0.1, 0.15) is 11.6 Å². The van der Waals surface area contributed by atoms with Crippen molar-refractivity contribution in [2.75, 3.05) is 18.2 Å². The van der Waals surface area contributed by atoms with Gasteiger partial charge in [-0.3, -0.25) is 4.79 Å². The van der Waals surface area contributed by atoms with E-state index >= 15 is 0 Å². The molecule has 0 fully saturated rings. The normalized spacial score (nSPS) is 10.2. The molecule has 0 saturated carbocycles. The van der Waals surface area contributed by atoms with Crippen LogP contribution in [0.15, 0.2) is 36.4 Å². The molecule has 2 aromatic carbocycles. The highest BCUT2D eigenvalue weighted by molar-refractivity contribution is 6.36. The third-order valence-corrected chi connectivity index (χ3v) is 3.12. The lowest BCUT2D eigenvalue weighted by molar-refractivity contribution is 0.102. The van der Waals surface area contributed by atoms with Crippen molar-refractivity contribution in [1.82, 2.24) is 0 Å². The van der Waals surface area contributed by atoms with Crippen LogP contribution < -0.4 is 15.8 Å². The van der Waals surface area contributed by atoms with Crippen LogP contribution in [-0.2, 0) is 0 Å². The van der Waals surface area contributed by atoms with Crippen LogP contribution in [0.2, 0.25) is 5.02 Å². The standard InChI is InChI=1S/C14H12ClFN2O2/c1-20-8-5-6-10(16)12(7-8)18-14(19)9-3-2-4-11(17)13(9)15/h2-7H,17H2,1H3,(H,18,19). The Balaban J connectivity index is 2.30. The summed E-state index contributed by atoms with van der Waals surface area (Å²) in [6, 6.07) is 8.72. The molecule has 4 nitrogen and oxygen atoms in total. The number of anilines is 2. The Hall–Kier alpha value is -2.27. The molecule has 1 amide bonds. The van der Waals surface area contributed by atoms with Crippen molar-refractivity contribution >= 4 is 28.9 Å². The van der Waals surface area contributed by atoms with Crippen LogP contribution in [0.25, 0.3) is 0 Å². The van der Waals surface area contributed by atoms with Gasteiger partial charge in [0.25, 0.3) is 5.91 Å². The zero-order valence-electron chi connectivity index (χ0n) is 10.6. The molecule has 2 rings (SSSR count). The quantitative estimate of drug-likeness (QED) is 0.854. The predicted octanol–water partition coefficient (Wildman–Crippen LogP) is 3.32. The van der Waals surface area contributed by atoms with Gasteiger partial charge in [0, 0.05) is 6.07 Å². The van der Waals surface area contributed by atoms with Crippen molar-refractivity contribution in [2.45, 2.75) is 0 Å². The number of hydrogen-bond donors (Lipinski definition) is 2. The van der Waals surface area contributed by atoms with Crippen LogP contribution >= 0.6 is 11.6 Å². The van der Waals surface area contributed by atoms with Crippen molar-refractivity contribution in [3.63, 3.8) is 0 Å². The average molecular weight is 295 g/mol. The van der Waals surface area contributed by atoms with Gasteiger partial charge in [-0.1, -0.05) is 17.7 Å². The summed E-state index contributed by atoms with van der Waals surface area (Å²) in [6.07, 6.45) is 0. The summed E-state index contributed by atoms with van der Waals surface area (Å²) in [5.41, 5.74) is 6.09. The number of halogens is 2. The minimum Gasteiger partial charge on any atom is -0.497 e. The zero-order chi connectivity index (χ0) is 14.7. The van der Waals surface area contributed by atoms with Crippen molar-refractivity contribution in [3.8, 4) is 5.75 Å². The Kier molecular flexibility index (Phi) is 4.10. The fraction of sp³-hybridized carbons (Fsp3) is 0.0714. The number of nitrogen functional groups attached to an aromatic ring is 1. The highest BCUT2D eigenvalue weighted by Crippen LogP contribution is 2.26. The molecule has 3 N–H and O–H groups in total. The minimum absolute atomic E-state index is 0.00726. The number of methoxy groups -OCH3 is 1. The van der Waals surface area contributed by atoms with Crippen LogP contribution in [0, 0.1) is 5.82 Å². The van der Waals surface area contributed by atoms with E-state index in [0.29, 0.717) is 5.75 Å². The van der Waals surface area contributed by atoms with Gasteiger partial charge in [-0.25, -0.2) is 4.39 Å². The summed E-state index contributed by atoms with van der Waals surface area (Å²) >= 11 is 5.95. The van der Waals surface area contributed by atoms with Crippen LogP contribution in [-0.4, -0.2) is 13.0 Å². The van der Waals surface area contributed by atoms with Crippen LogP contribution in [0.1, 0.15) is 10.4 Å². The van der Waals surface area contributed by atoms with Gasteiger partial charge in [-0.15, -0.1) is 0 Å². The van der Waals surface area contributed by atoms with Gasteiger partial charge in [0.2, 0.25) is 0 Å². The molecule has 0 unspecified atom stereocenters. The van der Waals surface area contributed by atoms with Gasteiger partial charge in [0.05, 0.1) is 29.1 Å². The Bertz CT molecular complexity index is 662. The summed E-state index contributed by atoms with van der Waals surface area (Å²) in [6.45, 7) is 0. The first-order valence-electron chi connectivity index (χ1n) is 5.72. The lowest BCUT2D eigenvalue weighted by Crippen LogP contribution is -2.14. The van der Waals surface area contributed by atoms with Gasteiger partial charge in [0.15, 0.2) is 0 Å². The van der Waals surface area contributed by atoms with E-state index in [1.807, 2.05) is 0 Å². The summed E-state index contributed by atoms with van der Waals surface area (Å²) in [5.74, 6) is -0.686. The van der Waals surface area contributed by atoms with Gasteiger partial charge >= 0.3 is 0 Å². The molecule has 0 heterocycles. The highest BCUT2D eigenvalue weighted by Gasteiger charge is 2.14. The molecule has 0 aliphatic heterocycles. The number of carbonyl (C=O) groups is 1. The molecule has 0 bridgehead atoms. The number of benzene rings is 2. The zero-order valence-corrected chi connectivity index (χ0v) is 11.4. The lowest BCUT2D eigenvalue weighted by Gasteiger charge is -2.10. The number of ether oxygens (including phenoxy) is 1. The smallest absolute Gasteiger partial charge is 0.257 e. The van der Waals surface area contributed by atoms with Crippen molar-refractivity contribution < 1.29 is 13.9 Å². The fourth-order valence-electron chi connectivity index (χ4n) is 1.64. The van der Waals surface area contributed by atoms with E-state index in [4.69, 9.17) is 22.1 Å². The van der Waals surface area contributed by atoms with E-state index in [2.05, 4.69) is 5.32 Å². The summed E-state index contributed by atoms with van der Waals surface area (Å²) in [7, 11) is 1.45. The molecular formula is C14H12ClFN2O2. The molecule has 0 spiro atoms. The first-order valence-corrected chi connectivity index (χ1v) is 6.09. The van der Waals surface area contributed by atoms with E-state index < -0.39 is 11.7 Å². The Morgan fingerprint density at radius 2 is 2.10 bits per heavy atom. The molecule has 6 heteroatoms. The number of nitrogens with two attached hydrogens (primary N) is 1. The summed E-state index contributed by atoms with van der Waals surface area (Å²) in [5, 5.41) is 2.57. The Labute approximate surface area is 120 Å². The number of amides is 1. The Morgan fingerprint density at radius 3 is 2.80 bits per heavy atom. The van der Waals surface area contributed by atoms with E-state index in [1.165, 1.54) is 31.4 Å². The molecule has 0 radical (unpaired) electrons. The maximum Gasteiger partial charge on any atom is 0.257 e. The third kappa shape index (κ3) is 2.83. The molecule has 104 valence electrons. The van der Waals surface area contributed by atoms with E-state index in [-0.39, 0.29) is 22.0 Å². The number of rotatable bonds is 3. The maximum atomic E-state index is 13.6. The molecule has 0 atom stereocenters. The highest BCUT2D eigenvalue weighted by atomic mass is 35.5. The molecule has 0 aliphatic carbocycles. The second-order valence-corrected chi connectivity index (χ2v) is 4.39. The SMILES string of the molecule is COc1ccc(F)c(NC(=O)c2cccc(N)c2Cl)c1. The first-order chi connectivity index (χ1) is 9.52. The average Bonchev–Trinajstić information content (AvgIpc) is 2.44. The van der Waals surface area contributed by atoms with E-state index in [1.54, 1.807) is 12.1 Å². The third-order valence-electron chi connectivity index (χ3n) is 2.69. The number of nitrogens with one attached hydrogen (secondary N) is 1. The first kappa shape index (κ1) is 14.1.